The van der Waals surface area contributed by atoms with Crippen molar-refractivity contribution in [3.63, 3.8) is 0 Å². The second-order valence-electron chi connectivity index (χ2n) is 3.18. The zero-order chi connectivity index (χ0) is 13.5. The first kappa shape index (κ1) is 14.2. The first-order valence-corrected chi connectivity index (χ1v) is 6.21. The molecule has 0 unspecified atom stereocenters. The van der Waals surface area contributed by atoms with Crippen LogP contribution in [0.15, 0.2) is 29.4 Å². The standard InChI is InChI=1S/C11H14N2O4S/c1-16-9-5-4-8(6-10(9)17-2)12-11(18-3)7-13(14)15/h4-7,12H,1-3H3/b11-7+. The molecule has 1 rings (SSSR count). The lowest BCUT2D eigenvalue weighted by Gasteiger charge is -2.11. The van der Waals surface area contributed by atoms with E-state index >= 15 is 0 Å². The number of nitro groups is 1. The van der Waals surface area contributed by atoms with Crippen LogP contribution >= 0.6 is 11.8 Å². The maximum Gasteiger partial charge on any atom is 0.264 e. The van der Waals surface area contributed by atoms with Crippen molar-refractivity contribution in [2.24, 2.45) is 0 Å². The monoisotopic (exact) mass is 270 g/mol. The zero-order valence-electron chi connectivity index (χ0n) is 10.3. The first-order chi connectivity index (χ1) is 8.60. The molecular weight excluding hydrogens is 256 g/mol. The molecule has 0 radical (unpaired) electrons. The van der Waals surface area contributed by atoms with Crippen LogP contribution < -0.4 is 14.8 Å². The van der Waals surface area contributed by atoms with Crippen molar-refractivity contribution in [3.8, 4) is 11.5 Å². The summed E-state index contributed by atoms with van der Waals surface area (Å²) < 4.78 is 10.3. The third kappa shape index (κ3) is 3.85. The van der Waals surface area contributed by atoms with E-state index in [4.69, 9.17) is 9.47 Å². The Morgan fingerprint density at radius 3 is 2.56 bits per heavy atom. The Balaban J connectivity index is 2.94. The predicted molar refractivity (Wildman–Crippen MR) is 71.8 cm³/mol. The van der Waals surface area contributed by atoms with Crippen LogP contribution in [0.5, 0.6) is 11.5 Å². The number of hydrogen-bond acceptors (Lipinski definition) is 6. The molecule has 0 saturated carbocycles. The van der Waals surface area contributed by atoms with Crippen LogP contribution in [0, 0.1) is 10.1 Å². The third-order valence-corrected chi connectivity index (χ3v) is 2.74. The van der Waals surface area contributed by atoms with Gasteiger partial charge in [-0.25, -0.2) is 0 Å². The van der Waals surface area contributed by atoms with Crippen molar-refractivity contribution >= 4 is 17.4 Å². The van der Waals surface area contributed by atoms with Gasteiger partial charge in [0.1, 0.15) is 5.03 Å². The number of anilines is 1. The smallest absolute Gasteiger partial charge is 0.264 e. The van der Waals surface area contributed by atoms with Crippen LogP contribution in [-0.4, -0.2) is 25.4 Å². The van der Waals surface area contributed by atoms with E-state index in [-0.39, 0.29) is 0 Å². The Morgan fingerprint density at radius 2 is 2.06 bits per heavy atom. The molecule has 0 amide bonds. The number of hydrogen-bond donors (Lipinski definition) is 1. The largest absolute Gasteiger partial charge is 0.493 e. The molecule has 0 spiro atoms. The SMILES string of the molecule is COc1ccc(N/C(=C\[N+](=O)[O-])SC)cc1OC. The van der Waals surface area contributed by atoms with E-state index in [1.807, 2.05) is 0 Å². The molecule has 0 saturated heterocycles. The molecule has 0 fully saturated rings. The number of ether oxygens (including phenoxy) is 2. The Kier molecular flexibility index (Phi) is 5.31. The summed E-state index contributed by atoms with van der Waals surface area (Å²) in [5.41, 5.74) is 0.690. The highest BCUT2D eigenvalue weighted by Gasteiger charge is 2.07. The quantitative estimate of drug-likeness (QED) is 0.632. The summed E-state index contributed by atoms with van der Waals surface area (Å²) in [6, 6.07) is 5.19. The molecule has 0 heterocycles. The van der Waals surface area contributed by atoms with Crippen molar-refractivity contribution < 1.29 is 14.4 Å². The molecule has 0 aromatic heterocycles. The minimum Gasteiger partial charge on any atom is -0.493 e. The molecule has 18 heavy (non-hydrogen) atoms. The van der Waals surface area contributed by atoms with Crippen LogP contribution in [0.25, 0.3) is 0 Å². The molecule has 98 valence electrons. The summed E-state index contributed by atoms with van der Waals surface area (Å²) in [6.45, 7) is 0. The molecule has 0 aliphatic rings. The Hall–Kier alpha value is -1.89. The first-order valence-electron chi connectivity index (χ1n) is 4.99. The Labute approximate surface area is 109 Å². The van der Waals surface area contributed by atoms with Gasteiger partial charge in [-0.3, -0.25) is 10.1 Å². The van der Waals surface area contributed by atoms with Gasteiger partial charge >= 0.3 is 0 Å². The van der Waals surface area contributed by atoms with Gasteiger partial charge in [-0.1, -0.05) is 0 Å². The lowest BCUT2D eigenvalue weighted by molar-refractivity contribution is -0.402. The van der Waals surface area contributed by atoms with Gasteiger partial charge in [-0.2, -0.15) is 0 Å². The Morgan fingerprint density at radius 1 is 1.39 bits per heavy atom. The highest BCUT2D eigenvalue weighted by Crippen LogP contribution is 2.30. The van der Waals surface area contributed by atoms with Crippen LogP contribution in [0.1, 0.15) is 0 Å². The molecular formula is C11H14N2O4S. The van der Waals surface area contributed by atoms with Gasteiger partial charge in [0.05, 0.1) is 19.1 Å². The minimum absolute atomic E-state index is 0.437. The zero-order valence-corrected chi connectivity index (χ0v) is 11.1. The molecule has 1 N–H and O–H groups in total. The van der Waals surface area contributed by atoms with Gasteiger partial charge in [-0.05, 0) is 18.4 Å². The lowest BCUT2D eigenvalue weighted by Crippen LogP contribution is -2.00. The van der Waals surface area contributed by atoms with Crippen molar-refractivity contribution in [1.29, 1.82) is 0 Å². The normalized spacial score (nSPS) is 10.9. The fourth-order valence-corrected chi connectivity index (χ4v) is 1.70. The van der Waals surface area contributed by atoms with E-state index in [0.717, 1.165) is 6.20 Å². The van der Waals surface area contributed by atoms with Gasteiger partial charge < -0.3 is 14.8 Å². The van der Waals surface area contributed by atoms with Crippen LogP contribution in [0.4, 0.5) is 5.69 Å². The van der Waals surface area contributed by atoms with Crippen molar-refractivity contribution in [3.05, 3.63) is 39.5 Å². The third-order valence-electron chi connectivity index (χ3n) is 2.09. The van der Waals surface area contributed by atoms with E-state index in [2.05, 4.69) is 5.32 Å². The predicted octanol–water partition coefficient (Wildman–Crippen LogP) is 2.55. The van der Waals surface area contributed by atoms with Gasteiger partial charge in [0, 0.05) is 11.8 Å². The van der Waals surface area contributed by atoms with Crippen LogP contribution in [-0.2, 0) is 0 Å². The van der Waals surface area contributed by atoms with Crippen molar-refractivity contribution in [1.82, 2.24) is 0 Å². The summed E-state index contributed by atoms with van der Waals surface area (Å²) in [5, 5.41) is 13.8. The maximum atomic E-state index is 10.4. The summed E-state index contributed by atoms with van der Waals surface area (Å²) in [4.78, 5) is 9.91. The van der Waals surface area contributed by atoms with Crippen LogP contribution in [0.2, 0.25) is 0 Å². The van der Waals surface area contributed by atoms with E-state index in [9.17, 15) is 10.1 Å². The molecule has 0 aliphatic carbocycles. The molecule has 1 aromatic rings. The number of thioether (sulfide) groups is 1. The number of benzene rings is 1. The maximum absolute atomic E-state index is 10.4. The van der Waals surface area contributed by atoms with Gasteiger partial charge in [0.2, 0.25) is 0 Å². The van der Waals surface area contributed by atoms with E-state index < -0.39 is 4.92 Å². The second kappa shape index (κ2) is 6.75. The van der Waals surface area contributed by atoms with Crippen molar-refractivity contribution in [2.45, 2.75) is 0 Å². The molecule has 6 nitrogen and oxygen atoms in total. The number of nitrogens with one attached hydrogen (secondary N) is 1. The summed E-state index contributed by atoms with van der Waals surface area (Å²) in [5.74, 6) is 1.16. The molecule has 0 atom stereocenters. The highest BCUT2D eigenvalue weighted by molar-refractivity contribution is 8.02. The fraction of sp³-hybridized carbons (Fsp3) is 0.273. The molecule has 0 bridgehead atoms. The van der Waals surface area contributed by atoms with Crippen LogP contribution in [0.3, 0.4) is 0 Å². The molecule has 7 heteroatoms. The summed E-state index contributed by atoms with van der Waals surface area (Å²) >= 11 is 1.25. The van der Waals surface area contributed by atoms with Gasteiger partial charge in [0.25, 0.3) is 6.20 Å². The molecule has 0 aliphatic heterocycles. The summed E-state index contributed by atoms with van der Waals surface area (Å²) in [7, 11) is 3.08. The van der Waals surface area contributed by atoms with Gasteiger partial charge in [-0.15, -0.1) is 11.8 Å². The minimum atomic E-state index is -0.500. The molecule has 1 aromatic carbocycles. The average Bonchev–Trinajstić information content (AvgIpc) is 2.37. The number of methoxy groups -OCH3 is 2. The van der Waals surface area contributed by atoms with E-state index in [0.29, 0.717) is 22.2 Å². The summed E-state index contributed by atoms with van der Waals surface area (Å²) in [6.07, 6.45) is 2.67. The number of nitrogens with zero attached hydrogens (tertiary/aromatic N) is 1. The lowest BCUT2D eigenvalue weighted by atomic mass is 10.3. The highest BCUT2D eigenvalue weighted by atomic mass is 32.2. The van der Waals surface area contributed by atoms with E-state index in [1.54, 1.807) is 31.6 Å². The average molecular weight is 270 g/mol. The topological polar surface area (TPSA) is 73.6 Å². The number of rotatable bonds is 6. The fourth-order valence-electron chi connectivity index (χ4n) is 1.29. The van der Waals surface area contributed by atoms with Gasteiger partial charge in [0.15, 0.2) is 11.5 Å². The second-order valence-corrected chi connectivity index (χ2v) is 4.03. The van der Waals surface area contributed by atoms with Crippen molar-refractivity contribution in [2.75, 3.05) is 25.8 Å². The van der Waals surface area contributed by atoms with E-state index in [1.165, 1.54) is 18.9 Å². The Bertz CT molecular complexity index is 462.